The standard InChI is InChI=1S/C19H21N3O5S/c1-2-6-15(22-17(24)10-20)21-16(23)9-14-12-28-18(27-14)11-26-19(25)13-7-4-3-5-8-13/h2,4,6-8,14,18H,3,5,9,11-12H2,1H3,(H,21,22,23,24)/b6-2-. The first-order chi connectivity index (χ1) is 13.5. The molecule has 8 nitrogen and oxygen atoms in total. The van der Waals surface area contributed by atoms with Crippen molar-refractivity contribution in [1.82, 2.24) is 5.32 Å². The van der Waals surface area contributed by atoms with Crippen molar-refractivity contribution in [2.24, 2.45) is 4.99 Å². The summed E-state index contributed by atoms with van der Waals surface area (Å²) in [4.78, 5) is 38.7. The van der Waals surface area contributed by atoms with Crippen molar-refractivity contribution in [3.63, 3.8) is 0 Å². The van der Waals surface area contributed by atoms with Crippen LogP contribution in [-0.4, -0.2) is 47.5 Å². The summed E-state index contributed by atoms with van der Waals surface area (Å²) < 4.78 is 11.0. The van der Waals surface area contributed by atoms with Gasteiger partial charge in [0.2, 0.25) is 5.91 Å². The molecule has 1 N–H and O–H groups in total. The van der Waals surface area contributed by atoms with Gasteiger partial charge in [-0.3, -0.25) is 9.59 Å². The van der Waals surface area contributed by atoms with Crippen molar-refractivity contribution >= 4 is 35.4 Å². The Morgan fingerprint density at radius 1 is 1.46 bits per heavy atom. The minimum Gasteiger partial charge on any atom is -0.458 e. The second-order valence-corrected chi connectivity index (χ2v) is 7.12. The largest absolute Gasteiger partial charge is 0.458 e. The fraction of sp³-hybridized carbons (Fsp3) is 0.421. The van der Waals surface area contributed by atoms with Crippen molar-refractivity contribution in [3.05, 3.63) is 36.0 Å². The minimum atomic E-state index is -0.995. The van der Waals surface area contributed by atoms with Gasteiger partial charge in [0.25, 0.3) is 0 Å². The number of thioether (sulfide) groups is 1. The Hall–Kier alpha value is -2.70. The number of nitrogens with zero attached hydrogens (tertiary/aromatic N) is 2. The number of nitriles is 1. The third-order valence-corrected chi connectivity index (χ3v) is 4.90. The Balaban J connectivity index is 1.76. The molecular formula is C19H21N3O5S. The van der Waals surface area contributed by atoms with Crippen LogP contribution in [0.5, 0.6) is 0 Å². The summed E-state index contributed by atoms with van der Waals surface area (Å²) in [5.41, 5.74) is 0.214. The number of hydrogen-bond donors (Lipinski definition) is 1. The molecule has 1 aliphatic carbocycles. The van der Waals surface area contributed by atoms with Crippen molar-refractivity contribution in [3.8, 4) is 6.07 Å². The smallest absolute Gasteiger partial charge is 0.350 e. The maximum atomic E-state index is 12.1. The first kappa shape index (κ1) is 21.6. The number of aliphatic imine (C=N–C) groups is 1. The predicted octanol–water partition coefficient (Wildman–Crippen LogP) is 1.80. The van der Waals surface area contributed by atoms with E-state index in [0.717, 1.165) is 12.8 Å². The van der Waals surface area contributed by atoms with Gasteiger partial charge in [-0.1, -0.05) is 24.3 Å². The molecule has 1 aliphatic heterocycles. The van der Waals surface area contributed by atoms with Gasteiger partial charge in [-0.25, -0.2) is 4.79 Å². The molecule has 148 valence electrons. The molecule has 2 amide bonds. The van der Waals surface area contributed by atoms with E-state index in [1.54, 1.807) is 19.1 Å². The predicted molar refractivity (Wildman–Crippen MR) is 104 cm³/mol. The molecule has 0 aromatic rings. The van der Waals surface area contributed by atoms with Crippen LogP contribution < -0.4 is 5.32 Å². The molecule has 2 unspecified atom stereocenters. The van der Waals surface area contributed by atoms with Gasteiger partial charge in [-0.2, -0.15) is 10.3 Å². The van der Waals surface area contributed by atoms with Crippen molar-refractivity contribution < 1.29 is 23.9 Å². The zero-order chi connectivity index (χ0) is 20.4. The zero-order valence-corrected chi connectivity index (χ0v) is 16.2. The lowest BCUT2D eigenvalue weighted by molar-refractivity contribution is -0.141. The highest BCUT2D eigenvalue weighted by atomic mass is 32.2. The Labute approximate surface area is 167 Å². The zero-order valence-electron chi connectivity index (χ0n) is 15.4. The Bertz CT molecular complexity index is 779. The summed E-state index contributed by atoms with van der Waals surface area (Å²) in [6.07, 6.45) is 10.0. The summed E-state index contributed by atoms with van der Waals surface area (Å²) in [5.74, 6) is -1.18. The van der Waals surface area contributed by atoms with Gasteiger partial charge in [-0.15, -0.1) is 11.8 Å². The number of carbonyl (C=O) groups is 3. The summed E-state index contributed by atoms with van der Waals surface area (Å²) in [5, 5.41) is 11.0. The molecule has 1 fully saturated rings. The van der Waals surface area contributed by atoms with Crippen LogP contribution in [0.15, 0.2) is 40.9 Å². The van der Waals surface area contributed by atoms with Crippen LogP contribution in [0.3, 0.4) is 0 Å². The lowest BCUT2D eigenvalue weighted by Gasteiger charge is -2.14. The lowest BCUT2D eigenvalue weighted by Crippen LogP contribution is -2.33. The highest BCUT2D eigenvalue weighted by Gasteiger charge is 2.29. The molecule has 0 saturated carbocycles. The number of ether oxygens (including phenoxy) is 2. The van der Waals surface area contributed by atoms with E-state index < -0.39 is 5.91 Å². The molecule has 0 spiro atoms. The van der Waals surface area contributed by atoms with Gasteiger partial charge in [0.05, 0.1) is 18.1 Å². The van der Waals surface area contributed by atoms with E-state index in [0.29, 0.717) is 11.3 Å². The van der Waals surface area contributed by atoms with E-state index in [1.165, 1.54) is 23.9 Å². The normalized spacial score (nSPS) is 21.9. The topological polar surface area (TPSA) is 118 Å². The molecule has 0 radical (unpaired) electrons. The quantitative estimate of drug-likeness (QED) is 0.311. The highest BCUT2D eigenvalue weighted by molar-refractivity contribution is 8.00. The SMILES string of the molecule is C/C=C\C(=NC(=O)C#N)NC(=O)CC1CSC(COC(=O)C2=CCCC=C2)O1. The molecule has 28 heavy (non-hydrogen) atoms. The van der Waals surface area contributed by atoms with Gasteiger partial charge in [0.15, 0.2) is 6.07 Å². The van der Waals surface area contributed by atoms with Gasteiger partial charge in [0, 0.05) is 5.75 Å². The van der Waals surface area contributed by atoms with Gasteiger partial charge in [0.1, 0.15) is 17.9 Å². The lowest BCUT2D eigenvalue weighted by atomic mass is 10.1. The molecule has 2 rings (SSSR count). The van der Waals surface area contributed by atoms with E-state index >= 15 is 0 Å². The van der Waals surface area contributed by atoms with E-state index in [1.807, 2.05) is 12.2 Å². The van der Waals surface area contributed by atoms with Crippen molar-refractivity contribution in [2.75, 3.05) is 12.4 Å². The maximum absolute atomic E-state index is 12.1. The second kappa shape index (κ2) is 11.2. The van der Waals surface area contributed by atoms with Crippen molar-refractivity contribution in [2.45, 2.75) is 37.7 Å². The molecular weight excluding hydrogens is 382 g/mol. The van der Waals surface area contributed by atoms with Crippen LogP contribution in [0.4, 0.5) is 0 Å². The number of rotatable bonds is 6. The number of allylic oxidation sites excluding steroid dienone is 3. The Kier molecular flexibility index (Phi) is 8.65. The summed E-state index contributed by atoms with van der Waals surface area (Å²) in [6.45, 7) is 1.80. The number of nitrogens with one attached hydrogen (secondary N) is 1. The first-order valence-electron chi connectivity index (χ1n) is 8.78. The number of esters is 1. The molecule has 1 saturated heterocycles. The third kappa shape index (κ3) is 7.13. The monoisotopic (exact) mass is 403 g/mol. The van der Waals surface area contributed by atoms with E-state index in [2.05, 4.69) is 10.3 Å². The third-order valence-electron chi connectivity index (χ3n) is 3.72. The fourth-order valence-electron chi connectivity index (χ4n) is 2.49. The molecule has 0 aromatic carbocycles. The van der Waals surface area contributed by atoms with Crippen LogP contribution in [0.2, 0.25) is 0 Å². The van der Waals surface area contributed by atoms with E-state index in [4.69, 9.17) is 14.7 Å². The molecule has 1 heterocycles. The molecule has 0 bridgehead atoms. The number of amides is 2. The average molecular weight is 403 g/mol. The van der Waals surface area contributed by atoms with Crippen LogP contribution in [-0.2, 0) is 23.9 Å². The molecule has 9 heteroatoms. The Morgan fingerprint density at radius 3 is 2.96 bits per heavy atom. The second-order valence-electron chi connectivity index (χ2n) is 5.92. The van der Waals surface area contributed by atoms with Crippen LogP contribution in [0, 0.1) is 11.3 Å². The summed E-state index contributed by atoms with van der Waals surface area (Å²) >= 11 is 1.47. The number of hydrogen-bond acceptors (Lipinski definition) is 7. The van der Waals surface area contributed by atoms with Crippen LogP contribution in [0.1, 0.15) is 26.2 Å². The first-order valence-corrected chi connectivity index (χ1v) is 9.83. The summed E-state index contributed by atoms with van der Waals surface area (Å²) in [6, 6.07) is 1.36. The van der Waals surface area contributed by atoms with Crippen LogP contribution in [0.25, 0.3) is 0 Å². The number of carbonyl (C=O) groups excluding carboxylic acids is 3. The molecule has 2 atom stereocenters. The summed E-state index contributed by atoms with van der Waals surface area (Å²) in [7, 11) is 0. The van der Waals surface area contributed by atoms with Gasteiger partial charge in [-0.05, 0) is 25.8 Å². The molecule has 0 aromatic heterocycles. The Morgan fingerprint density at radius 2 is 2.29 bits per heavy atom. The van der Waals surface area contributed by atoms with Crippen molar-refractivity contribution in [1.29, 1.82) is 5.26 Å². The highest BCUT2D eigenvalue weighted by Crippen LogP contribution is 2.27. The van der Waals surface area contributed by atoms with E-state index in [9.17, 15) is 14.4 Å². The van der Waals surface area contributed by atoms with Gasteiger partial charge >= 0.3 is 11.9 Å². The molecule has 2 aliphatic rings. The van der Waals surface area contributed by atoms with Gasteiger partial charge < -0.3 is 14.8 Å². The number of amidine groups is 1. The average Bonchev–Trinajstić information content (AvgIpc) is 3.13. The fourth-order valence-corrected chi connectivity index (χ4v) is 3.52. The maximum Gasteiger partial charge on any atom is 0.350 e. The van der Waals surface area contributed by atoms with Crippen LogP contribution >= 0.6 is 11.8 Å². The minimum absolute atomic E-state index is 0.00370. The van der Waals surface area contributed by atoms with E-state index in [-0.39, 0.29) is 42.3 Å².